The van der Waals surface area contributed by atoms with Crippen molar-refractivity contribution in [2.75, 3.05) is 0 Å². The van der Waals surface area contributed by atoms with Crippen LogP contribution < -0.4 is 0 Å². The Balaban J connectivity index is 0.966. The van der Waals surface area contributed by atoms with Crippen LogP contribution in [0, 0.1) is 5.92 Å². The van der Waals surface area contributed by atoms with Gasteiger partial charge in [0.25, 0.3) is 0 Å². The van der Waals surface area contributed by atoms with Gasteiger partial charge < -0.3 is 4.57 Å². The molecular formula is C64H46N4. The van der Waals surface area contributed by atoms with E-state index in [1.165, 1.54) is 49.7 Å². The first-order valence-corrected chi connectivity index (χ1v) is 23.4. The van der Waals surface area contributed by atoms with Crippen LogP contribution in [0.4, 0.5) is 0 Å². The second-order valence-corrected chi connectivity index (χ2v) is 17.7. The van der Waals surface area contributed by atoms with E-state index in [-0.39, 0.29) is 0 Å². The van der Waals surface area contributed by atoms with Gasteiger partial charge in [0.2, 0.25) is 0 Å². The van der Waals surface area contributed by atoms with Gasteiger partial charge in [-0.25, -0.2) is 15.0 Å². The van der Waals surface area contributed by atoms with Crippen LogP contribution in [0.5, 0.6) is 0 Å². The van der Waals surface area contributed by atoms with E-state index in [9.17, 15) is 0 Å². The number of nitrogens with zero attached hydrogens (tertiary/aromatic N) is 4. The Hall–Kier alpha value is -8.73. The second-order valence-electron chi connectivity index (χ2n) is 17.7. The number of hydrogen-bond acceptors (Lipinski definition) is 3. The fourth-order valence-electron chi connectivity index (χ4n) is 9.68. The first-order chi connectivity index (χ1) is 33.6. The van der Waals surface area contributed by atoms with Gasteiger partial charge in [0.15, 0.2) is 17.5 Å². The number of benzene rings is 9. The molecule has 2 heterocycles. The second kappa shape index (κ2) is 17.6. The first-order valence-electron chi connectivity index (χ1n) is 23.4. The Morgan fingerprint density at radius 3 is 1.31 bits per heavy atom. The summed E-state index contributed by atoms with van der Waals surface area (Å²) in [5.74, 6) is 2.36. The molecule has 1 aliphatic rings. The highest BCUT2D eigenvalue weighted by atomic mass is 15.0. The van der Waals surface area contributed by atoms with Crippen LogP contribution in [0.15, 0.2) is 243 Å². The number of allylic oxidation sites excluding steroid dienone is 4. The number of para-hydroxylation sites is 1. The molecule has 0 aliphatic heterocycles. The van der Waals surface area contributed by atoms with Gasteiger partial charge in [0.05, 0.1) is 11.0 Å². The molecule has 4 heteroatoms. The van der Waals surface area contributed by atoms with Crippen molar-refractivity contribution in [1.29, 1.82) is 0 Å². The lowest BCUT2D eigenvalue weighted by Gasteiger charge is -2.16. The van der Waals surface area contributed by atoms with Crippen molar-refractivity contribution in [1.82, 2.24) is 19.5 Å². The van der Waals surface area contributed by atoms with Gasteiger partial charge in [-0.1, -0.05) is 183 Å². The summed E-state index contributed by atoms with van der Waals surface area (Å²) >= 11 is 0. The minimum absolute atomic E-state index is 0.491. The summed E-state index contributed by atoms with van der Waals surface area (Å²) < 4.78 is 2.37. The normalized spacial score (nSPS) is 13.5. The van der Waals surface area contributed by atoms with Crippen LogP contribution in [0.1, 0.15) is 18.9 Å². The molecule has 12 rings (SSSR count). The zero-order valence-corrected chi connectivity index (χ0v) is 37.7. The Morgan fingerprint density at radius 1 is 0.353 bits per heavy atom. The topological polar surface area (TPSA) is 43.6 Å². The van der Waals surface area contributed by atoms with E-state index >= 15 is 0 Å². The molecule has 322 valence electrons. The van der Waals surface area contributed by atoms with Gasteiger partial charge in [0.1, 0.15) is 0 Å². The van der Waals surface area contributed by atoms with Crippen molar-refractivity contribution in [3.05, 3.63) is 248 Å². The highest BCUT2D eigenvalue weighted by Crippen LogP contribution is 2.39. The third-order valence-electron chi connectivity index (χ3n) is 13.1. The molecule has 0 saturated heterocycles. The lowest BCUT2D eigenvalue weighted by atomic mass is 9.89. The number of aromatic nitrogens is 4. The molecule has 1 unspecified atom stereocenters. The van der Waals surface area contributed by atoms with Gasteiger partial charge in [-0.3, -0.25) is 0 Å². The average Bonchev–Trinajstić information content (AvgIpc) is 3.74. The van der Waals surface area contributed by atoms with Gasteiger partial charge in [0, 0.05) is 33.2 Å². The molecule has 4 nitrogen and oxygen atoms in total. The lowest BCUT2D eigenvalue weighted by molar-refractivity contribution is 0.740. The largest absolute Gasteiger partial charge is 0.309 e. The first kappa shape index (κ1) is 40.8. The quantitative estimate of drug-likeness (QED) is 0.145. The molecule has 11 aromatic rings. The maximum atomic E-state index is 5.26. The highest BCUT2D eigenvalue weighted by molar-refractivity contribution is 6.11. The van der Waals surface area contributed by atoms with E-state index in [0.29, 0.717) is 23.4 Å². The monoisotopic (exact) mass is 870 g/mol. The molecule has 0 spiro atoms. The average molecular weight is 871 g/mol. The minimum Gasteiger partial charge on any atom is -0.309 e. The van der Waals surface area contributed by atoms with Crippen LogP contribution in [0.2, 0.25) is 0 Å². The Morgan fingerprint density at radius 2 is 0.750 bits per heavy atom. The Bertz CT molecular complexity index is 3700. The van der Waals surface area contributed by atoms with E-state index in [2.05, 4.69) is 236 Å². The van der Waals surface area contributed by atoms with Crippen molar-refractivity contribution in [3.8, 4) is 84.4 Å². The van der Waals surface area contributed by atoms with Gasteiger partial charge >= 0.3 is 0 Å². The van der Waals surface area contributed by atoms with Crippen LogP contribution in [0.3, 0.4) is 0 Å². The standard InChI is InChI=1S/C64H46N4/c1-43-17-14-24-47(35-43)55-38-54(45-20-8-3-9-21-45)39-56(40-55)49-26-16-28-53(37-49)64-66-62(46-22-10-4-11-23-46)65-63(67-64)52-27-15-25-48(36-52)51-32-34-61-59(42-51)58-41-50(44-18-6-2-7-19-44)31-33-60(58)68(61)57-29-12-5-13-30-57/h2-16,18-43H,17H2,1H3. The predicted molar refractivity (Wildman–Crippen MR) is 283 cm³/mol. The summed E-state index contributed by atoms with van der Waals surface area (Å²) in [4.78, 5) is 15.6. The van der Waals surface area contributed by atoms with Crippen LogP contribution in [-0.2, 0) is 0 Å². The van der Waals surface area contributed by atoms with Gasteiger partial charge in [-0.2, -0.15) is 0 Å². The number of hydrogen-bond donors (Lipinski definition) is 0. The zero-order chi connectivity index (χ0) is 45.4. The van der Waals surface area contributed by atoms with Crippen molar-refractivity contribution in [2.24, 2.45) is 5.92 Å². The lowest BCUT2D eigenvalue weighted by Crippen LogP contribution is -2.00. The summed E-state index contributed by atoms with van der Waals surface area (Å²) in [6, 6.07) is 79.9. The molecule has 0 N–H and O–H groups in total. The molecule has 1 atom stereocenters. The van der Waals surface area contributed by atoms with Crippen LogP contribution >= 0.6 is 0 Å². The SMILES string of the molecule is CC1C=C(c2cc(-c3ccccc3)cc(-c3cccc(-c4nc(-c5ccccc5)nc(-c5cccc(-c6ccc7c(c6)c6cc(-c8ccccc8)ccc6n7-c6ccccc6)c5)n4)c3)c2)C=CC1. The molecule has 0 fully saturated rings. The minimum atomic E-state index is 0.491. The molecular weight excluding hydrogens is 825 g/mol. The molecule has 0 saturated carbocycles. The van der Waals surface area contributed by atoms with Gasteiger partial charge in [-0.05, 0) is 135 Å². The Kier molecular flexibility index (Phi) is 10.5. The van der Waals surface area contributed by atoms with Crippen molar-refractivity contribution >= 4 is 27.4 Å². The molecule has 68 heavy (non-hydrogen) atoms. The third-order valence-corrected chi connectivity index (χ3v) is 13.1. The smallest absolute Gasteiger partial charge is 0.164 e. The van der Waals surface area contributed by atoms with Crippen molar-refractivity contribution in [2.45, 2.75) is 13.3 Å². The maximum absolute atomic E-state index is 5.26. The summed E-state index contributed by atoms with van der Waals surface area (Å²) in [6.45, 7) is 2.28. The summed E-state index contributed by atoms with van der Waals surface area (Å²) in [6.07, 6.45) is 8.01. The zero-order valence-electron chi connectivity index (χ0n) is 37.7. The van der Waals surface area contributed by atoms with Crippen LogP contribution in [-0.4, -0.2) is 19.5 Å². The fraction of sp³-hybridized carbons (Fsp3) is 0.0469. The maximum Gasteiger partial charge on any atom is 0.164 e. The summed E-state index contributed by atoms with van der Waals surface area (Å²) in [5, 5.41) is 2.40. The summed E-state index contributed by atoms with van der Waals surface area (Å²) in [5.41, 5.74) is 17.9. The van der Waals surface area contributed by atoms with Crippen molar-refractivity contribution in [3.63, 3.8) is 0 Å². The van der Waals surface area contributed by atoms with E-state index in [4.69, 9.17) is 15.0 Å². The molecule has 2 aromatic heterocycles. The number of rotatable bonds is 9. The highest BCUT2D eigenvalue weighted by Gasteiger charge is 2.18. The summed E-state index contributed by atoms with van der Waals surface area (Å²) in [7, 11) is 0. The van der Waals surface area contributed by atoms with E-state index in [1.54, 1.807) is 0 Å². The number of fused-ring (bicyclic) bond motifs is 3. The molecule has 0 bridgehead atoms. The molecule has 0 radical (unpaired) electrons. The Labute approximate surface area is 396 Å². The van der Waals surface area contributed by atoms with E-state index in [1.807, 2.05) is 18.2 Å². The van der Waals surface area contributed by atoms with Crippen LogP contribution in [0.25, 0.3) is 112 Å². The third kappa shape index (κ3) is 7.92. The predicted octanol–water partition coefficient (Wildman–Crippen LogP) is 16.6. The van der Waals surface area contributed by atoms with Gasteiger partial charge in [-0.15, -0.1) is 0 Å². The molecule has 1 aliphatic carbocycles. The molecule has 0 amide bonds. The fourth-order valence-corrected chi connectivity index (χ4v) is 9.68. The molecule has 9 aromatic carbocycles. The van der Waals surface area contributed by atoms with Crippen molar-refractivity contribution < 1.29 is 0 Å². The van der Waals surface area contributed by atoms with E-state index in [0.717, 1.165) is 56.6 Å². The van der Waals surface area contributed by atoms with E-state index < -0.39 is 0 Å².